The molecule has 2 aromatic heterocycles. The molecule has 0 radical (unpaired) electrons. The Morgan fingerprint density at radius 2 is 2.35 bits per heavy atom. The van der Waals surface area contributed by atoms with Crippen molar-refractivity contribution in [3.8, 4) is 0 Å². The van der Waals surface area contributed by atoms with Gasteiger partial charge in [-0.25, -0.2) is 0 Å². The summed E-state index contributed by atoms with van der Waals surface area (Å²) in [6.45, 7) is 3.63. The molecule has 0 aliphatic heterocycles. The highest BCUT2D eigenvalue weighted by Crippen LogP contribution is 2.22. The SMILES string of the molecule is Cc1cc(NC(=O)c2ccc(C(C)Cl)o2)n[nH]1. The molecule has 2 aromatic rings. The standard InChI is InChI=1S/C11H12ClN3O2/c1-6-5-10(15-14-6)13-11(16)9-4-3-8(17-9)7(2)12/h3-5,7H,1-2H3,(H2,13,14,15,16). The summed E-state index contributed by atoms with van der Waals surface area (Å²) >= 11 is 5.84. The smallest absolute Gasteiger partial charge is 0.292 e. The van der Waals surface area contributed by atoms with Crippen molar-refractivity contribution >= 4 is 23.3 Å². The minimum absolute atomic E-state index is 0.216. The Morgan fingerprint density at radius 3 is 2.88 bits per heavy atom. The molecule has 0 aromatic carbocycles. The molecule has 0 saturated heterocycles. The Balaban J connectivity index is 2.09. The fourth-order valence-corrected chi connectivity index (χ4v) is 1.47. The second kappa shape index (κ2) is 4.63. The first kappa shape index (κ1) is 11.7. The summed E-state index contributed by atoms with van der Waals surface area (Å²) in [5.41, 5.74) is 0.870. The minimum Gasteiger partial charge on any atom is -0.454 e. The third-order valence-corrected chi connectivity index (χ3v) is 2.41. The number of alkyl halides is 1. The summed E-state index contributed by atoms with van der Waals surface area (Å²) in [4.78, 5) is 11.8. The molecule has 0 spiro atoms. The van der Waals surface area contributed by atoms with E-state index in [1.807, 2.05) is 6.92 Å². The number of aromatic nitrogens is 2. The molecule has 2 N–H and O–H groups in total. The largest absolute Gasteiger partial charge is 0.454 e. The number of halogens is 1. The minimum atomic E-state index is -0.347. The van der Waals surface area contributed by atoms with E-state index in [1.165, 1.54) is 0 Å². The van der Waals surface area contributed by atoms with Gasteiger partial charge in [0.25, 0.3) is 5.91 Å². The molecule has 6 heteroatoms. The lowest BCUT2D eigenvalue weighted by Gasteiger charge is -1.99. The highest BCUT2D eigenvalue weighted by atomic mass is 35.5. The van der Waals surface area contributed by atoms with E-state index in [2.05, 4.69) is 15.5 Å². The molecule has 2 rings (SSSR count). The Kier molecular flexibility index (Phi) is 3.19. The van der Waals surface area contributed by atoms with Gasteiger partial charge in [-0.15, -0.1) is 11.6 Å². The number of amides is 1. The monoisotopic (exact) mass is 253 g/mol. The van der Waals surface area contributed by atoms with Crippen molar-refractivity contribution in [1.82, 2.24) is 10.2 Å². The van der Waals surface area contributed by atoms with Crippen molar-refractivity contribution in [2.24, 2.45) is 0 Å². The molecule has 0 bridgehead atoms. The fourth-order valence-electron chi connectivity index (χ4n) is 1.35. The van der Waals surface area contributed by atoms with E-state index in [0.29, 0.717) is 11.6 Å². The van der Waals surface area contributed by atoms with Gasteiger partial charge < -0.3 is 9.73 Å². The van der Waals surface area contributed by atoms with Gasteiger partial charge in [0.15, 0.2) is 11.6 Å². The molecular weight excluding hydrogens is 242 g/mol. The van der Waals surface area contributed by atoms with Gasteiger partial charge in [0.1, 0.15) is 5.76 Å². The van der Waals surface area contributed by atoms with Crippen molar-refractivity contribution < 1.29 is 9.21 Å². The zero-order chi connectivity index (χ0) is 12.4. The topological polar surface area (TPSA) is 70.9 Å². The van der Waals surface area contributed by atoms with Crippen molar-refractivity contribution in [3.63, 3.8) is 0 Å². The van der Waals surface area contributed by atoms with Crippen molar-refractivity contribution in [3.05, 3.63) is 35.4 Å². The molecule has 5 nitrogen and oxygen atoms in total. The summed E-state index contributed by atoms with van der Waals surface area (Å²) in [5, 5.41) is 8.98. The number of hydrogen-bond acceptors (Lipinski definition) is 3. The van der Waals surface area contributed by atoms with Crippen LogP contribution in [0.4, 0.5) is 5.82 Å². The maximum absolute atomic E-state index is 11.8. The molecule has 1 unspecified atom stereocenters. The molecule has 90 valence electrons. The van der Waals surface area contributed by atoms with Crippen LogP contribution in [0.1, 0.15) is 34.3 Å². The Bertz CT molecular complexity index is 530. The zero-order valence-corrected chi connectivity index (χ0v) is 10.2. The number of rotatable bonds is 3. The normalized spacial score (nSPS) is 12.4. The van der Waals surface area contributed by atoms with Gasteiger partial charge in [0, 0.05) is 11.8 Å². The van der Waals surface area contributed by atoms with Crippen molar-refractivity contribution in [1.29, 1.82) is 0 Å². The number of hydrogen-bond donors (Lipinski definition) is 2. The summed E-state index contributed by atoms with van der Waals surface area (Å²) < 4.78 is 5.30. The molecule has 0 aliphatic carbocycles. The van der Waals surface area contributed by atoms with Crippen LogP contribution in [-0.4, -0.2) is 16.1 Å². The van der Waals surface area contributed by atoms with E-state index in [1.54, 1.807) is 25.1 Å². The Labute approximate surface area is 103 Å². The van der Waals surface area contributed by atoms with Gasteiger partial charge in [-0.2, -0.15) is 5.10 Å². The lowest BCUT2D eigenvalue weighted by molar-refractivity contribution is 0.0994. The maximum atomic E-state index is 11.8. The van der Waals surface area contributed by atoms with E-state index in [0.717, 1.165) is 5.69 Å². The van der Waals surface area contributed by atoms with E-state index >= 15 is 0 Å². The van der Waals surface area contributed by atoms with Crippen LogP contribution in [-0.2, 0) is 0 Å². The van der Waals surface area contributed by atoms with E-state index in [-0.39, 0.29) is 17.0 Å². The van der Waals surface area contributed by atoms with Crippen LogP contribution < -0.4 is 5.32 Å². The van der Waals surface area contributed by atoms with Crippen molar-refractivity contribution in [2.45, 2.75) is 19.2 Å². The van der Waals surface area contributed by atoms with Crippen LogP contribution in [0.25, 0.3) is 0 Å². The second-order valence-corrected chi connectivity index (χ2v) is 4.36. The van der Waals surface area contributed by atoms with Crippen LogP contribution in [0.5, 0.6) is 0 Å². The highest BCUT2D eigenvalue weighted by Gasteiger charge is 2.14. The van der Waals surface area contributed by atoms with Gasteiger partial charge >= 0.3 is 0 Å². The van der Waals surface area contributed by atoms with Crippen LogP contribution in [0.15, 0.2) is 22.6 Å². The molecule has 0 aliphatic rings. The molecule has 1 atom stereocenters. The average Bonchev–Trinajstić information content (AvgIpc) is 2.86. The number of carbonyl (C=O) groups is 1. The summed E-state index contributed by atoms with van der Waals surface area (Å²) in [6, 6.07) is 5.00. The zero-order valence-electron chi connectivity index (χ0n) is 9.45. The predicted molar refractivity (Wildman–Crippen MR) is 64.3 cm³/mol. The second-order valence-electron chi connectivity index (χ2n) is 3.71. The van der Waals surface area contributed by atoms with Crippen molar-refractivity contribution in [2.75, 3.05) is 5.32 Å². The average molecular weight is 254 g/mol. The van der Waals surface area contributed by atoms with E-state index in [9.17, 15) is 4.79 Å². The number of H-pyrrole nitrogens is 1. The molecule has 2 heterocycles. The van der Waals surface area contributed by atoms with Gasteiger partial charge in [0.2, 0.25) is 0 Å². The molecule has 0 fully saturated rings. The Hall–Kier alpha value is -1.75. The van der Waals surface area contributed by atoms with E-state index in [4.69, 9.17) is 16.0 Å². The van der Waals surface area contributed by atoms with Gasteiger partial charge in [0.05, 0.1) is 5.38 Å². The Morgan fingerprint density at radius 1 is 1.59 bits per heavy atom. The summed E-state index contributed by atoms with van der Waals surface area (Å²) in [6.07, 6.45) is 0. The lowest BCUT2D eigenvalue weighted by Crippen LogP contribution is -2.11. The van der Waals surface area contributed by atoms with Crippen LogP contribution in [0.3, 0.4) is 0 Å². The van der Waals surface area contributed by atoms with Crippen LogP contribution in [0.2, 0.25) is 0 Å². The quantitative estimate of drug-likeness (QED) is 0.827. The van der Waals surface area contributed by atoms with Crippen LogP contribution >= 0.6 is 11.6 Å². The molecule has 1 amide bonds. The number of carbonyl (C=O) groups excluding carboxylic acids is 1. The predicted octanol–water partition coefficient (Wildman–Crippen LogP) is 2.86. The summed E-state index contributed by atoms with van der Waals surface area (Å²) in [5.74, 6) is 0.896. The highest BCUT2D eigenvalue weighted by molar-refractivity contribution is 6.20. The molecule has 17 heavy (non-hydrogen) atoms. The first-order valence-electron chi connectivity index (χ1n) is 5.13. The number of aromatic amines is 1. The maximum Gasteiger partial charge on any atom is 0.292 e. The van der Waals surface area contributed by atoms with E-state index < -0.39 is 0 Å². The number of nitrogens with zero attached hydrogens (tertiary/aromatic N) is 1. The lowest BCUT2D eigenvalue weighted by atomic mass is 10.3. The van der Waals surface area contributed by atoms with Gasteiger partial charge in [-0.1, -0.05) is 0 Å². The van der Waals surface area contributed by atoms with Crippen LogP contribution in [0, 0.1) is 6.92 Å². The fraction of sp³-hybridized carbons (Fsp3) is 0.273. The molecule has 0 saturated carbocycles. The first-order chi connectivity index (χ1) is 8.06. The third kappa shape index (κ3) is 2.68. The van der Waals surface area contributed by atoms with Gasteiger partial charge in [-0.3, -0.25) is 9.89 Å². The summed E-state index contributed by atoms with van der Waals surface area (Å²) in [7, 11) is 0. The number of anilines is 1. The first-order valence-corrected chi connectivity index (χ1v) is 5.57. The number of furan rings is 1. The third-order valence-electron chi connectivity index (χ3n) is 2.19. The number of aryl methyl sites for hydroxylation is 1. The molecular formula is C11H12ClN3O2. The van der Waals surface area contributed by atoms with Gasteiger partial charge in [-0.05, 0) is 26.0 Å². The number of nitrogens with one attached hydrogen (secondary N) is 2.